The maximum absolute atomic E-state index is 14.1. The second-order valence-electron chi connectivity index (χ2n) is 14.8. The second-order valence-corrected chi connectivity index (χ2v) is 14.8. The first-order chi connectivity index (χ1) is 31.2. The topological polar surface area (TPSA) is 250 Å². The molecule has 2 aromatic rings. The Hall–Kier alpha value is -6.17. The van der Waals surface area contributed by atoms with Crippen molar-refractivity contribution < 1.29 is 104 Å². The summed E-state index contributed by atoms with van der Waals surface area (Å²) in [6.07, 6.45) is -25.0. The fraction of sp³-hybridized carbons (Fsp3) is 0.535. The monoisotopic (exact) mass is 941 g/mol. The van der Waals surface area contributed by atoms with Crippen molar-refractivity contribution in [3.8, 4) is 11.5 Å². The normalized spacial score (nSPS) is 25.0. The first kappa shape index (κ1) is 52.5. The van der Waals surface area contributed by atoms with Crippen molar-refractivity contribution in [2.24, 2.45) is 0 Å². The van der Waals surface area contributed by atoms with Crippen molar-refractivity contribution in [3.05, 3.63) is 60.2 Å². The zero-order valence-corrected chi connectivity index (χ0v) is 36.6. The van der Waals surface area contributed by atoms with Crippen molar-refractivity contribution in [1.82, 2.24) is 5.32 Å². The maximum Gasteiger partial charge on any atom is 0.471 e. The molecule has 23 heteroatoms. The zero-order valence-electron chi connectivity index (χ0n) is 36.6. The van der Waals surface area contributed by atoms with Gasteiger partial charge in [0.1, 0.15) is 54.0 Å². The molecule has 0 aliphatic carbocycles. The lowest BCUT2D eigenvalue weighted by Crippen LogP contribution is -2.70. The molecule has 1 N–H and O–H groups in total. The number of Topliss-reactive ketones (excluding diaryl/α,β-unsaturated/α-hetero) is 2. The predicted octanol–water partition coefficient (Wildman–Crippen LogP) is 2.77. The number of nitrogens with one attached hydrogen (secondary N) is 1. The molecule has 4 rings (SSSR count). The van der Waals surface area contributed by atoms with Crippen LogP contribution in [0, 0.1) is 0 Å². The molecular formula is C43H50F3NO19. The molecule has 10 atom stereocenters. The Kier molecular flexibility index (Phi) is 19.4. The molecule has 0 spiro atoms. The second kappa shape index (κ2) is 24.4. The molecule has 2 aromatic carbocycles. The van der Waals surface area contributed by atoms with E-state index in [0.717, 1.165) is 21.0 Å². The van der Waals surface area contributed by atoms with Crippen molar-refractivity contribution >= 4 is 47.3 Å². The number of alkyl halides is 3. The molecule has 20 nitrogen and oxygen atoms in total. The molecule has 66 heavy (non-hydrogen) atoms. The van der Waals surface area contributed by atoms with E-state index in [9.17, 15) is 51.5 Å². The molecule has 2 fully saturated rings. The van der Waals surface area contributed by atoms with Crippen LogP contribution in [0.15, 0.2) is 54.6 Å². The van der Waals surface area contributed by atoms with E-state index in [4.69, 9.17) is 52.1 Å². The Bertz CT molecular complexity index is 2020. The van der Waals surface area contributed by atoms with Crippen LogP contribution in [0.25, 0.3) is 0 Å². The lowest BCUT2D eigenvalue weighted by Gasteiger charge is -2.49. The first-order valence-corrected chi connectivity index (χ1v) is 20.3. The number of amides is 1. The average Bonchev–Trinajstić information content (AvgIpc) is 3.26. The Morgan fingerprint density at radius 1 is 0.652 bits per heavy atom. The van der Waals surface area contributed by atoms with Crippen molar-refractivity contribution in [1.29, 1.82) is 0 Å². The van der Waals surface area contributed by atoms with E-state index in [0.29, 0.717) is 11.3 Å². The van der Waals surface area contributed by atoms with E-state index in [-0.39, 0.29) is 25.2 Å². The van der Waals surface area contributed by atoms with E-state index < -0.39 is 134 Å². The summed E-state index contributed by atoms with van der Waals surface area (Å²) in [7, 11) is 2.30. The number of esters is 5. The van der Waals surface area contributed by atoms with Crippen LogP contribution in [0.1, 0.15) is 58.9 Å². The molecule has 2 saturated heterocycles. The van der Waals surface area contributed by atoms with Gasteiger partial charge in [-0.15, -0.1) is 0 Å². The van der Waals surface area contributed by atoms with E-state index in [2.05, 4.69) is 0 Å². The molecule has 0 saturated carbocycles. The van der Waals surface area contributed by atoms with Gasteiger partial charge in [-0.3, -0.25) is 24.0 Å². The van der Waals surface area contributed by atoms with Crippen molar-refractivity contribution in [2.75, 3.05) is 20.8 Å². The highest BCUT2D eigenvalue weighted by molar-refractivity contribution is 5.83. The molecule has 2 heterocycles. The third-order valence-electron chi connectivity index (χ3n) is 9.67. The van der Waals surface area contributed by atoms with Gasteiger partial charge in [0.2, 0.25) is 6.29 Å². The summed E-state index contributed by atoms with van der Waals surface area (Å²) in [5, 5.41) is 1.75. The SMILES string of the molecule is COC(=O)[C@@H]1O[C@@H](O[C@@H]2[C@@H](NC(=O)C(F)(F)F)[C@H](Oc3ccc(OC)cc3)O[C@H](COC(C)=O)[C@@H]2OC(C)=O)[C@H](OC(=O)CCC(C)=O)[C@@H](OCc2ccccc2)[C@@H]1OC(=O)CCC(C)=O. The summed E-state index contributed by atoms with van der Waals surface area (Å²) in [4.78, 5) is 102. The van der Waals surface area contributed by atoms with Crippen LogP contribution in [0.3, 0.4) is 0 Å². The lowest BCUT2D eigenvalue weighted by molar-refractivity contribution is -0.341. The van der Waals surface area contributed by atoms with Crippen LogP contribution < -0.4 is 14.8 Å². The highest BCUT2D eigenvalue weighted by Gasteiger charge is 2.59. The Balaban J connectivity index is 1.96. The standard InChI is InChI=1S/C43H50F3NO19/c1-22(48)12-18-30(52)63-36-35(59-20-26-10-8-7-9-11-26)38(64-31(53)19-13-23(2)49)41(66-37(36)39(54)57-6)65-34-32(47-42(55)43(44,45)46)40(61-28-16-14-27(56-5)15-17-28)62-29(21-58-24(3)50)33(34)60-25(4)51/h7-11,14-17,29,32-38,40-41H,12-13,18-21H2,1-6H3,(H,47,55)/t29-,32-,33+,34-,35+,36+,37-,38-,40-,41-/m1/s1. The van der Waals surface area contributed by atoms with Gasteiger partial charge < -0.3 is 67.0 Å². The summed E-state index contributed by atoms with van der Waals surface area (Å²) in [5.74, 6) is -8.53. The highest BCUT2D eigenvalue weighted by atomic mass is 19.4. The molecular weight excluding hydrogens is 891 g/mol. The third kappa shape index (κ3) is 15.5. The number of benzene rings is 2. The Morgan fingerprint density at radius 2 is 1.24 bits per heavy atom. The predicted molar refractivity (Wildman–Crippen MR) is 213 cm³/mol. The lowest BCUT2D eigenvalue weighted by atomic mass is 9.94. The fourth-order valence-corrected chi connectivity index (χ4v) is 6.58. The summed E-state index contributed by atoms with van der Waals surface area (Å²) in [5.41, 5.74) is 0.487. The third-order valence-corrected chi connectivity index (χ3v) is 9.67. The number of rotatable bonds is 21. The van der Waals surface area contributed by atoms with Gasteiger partial charge >= 0.3 is 41.9 Å². The summed E-state index contributed by atoms with van der Waals surface area (Å²) in [6, 6.07) is 11.5. The number of hydrogen-bond donors (Lipinski definition) is 1. The van der Waals surface area contributed by atoms with Gasteiger partial charge in [-0.1, -0.05) is 30.3 Å². The highest BCUT2D eigenvalue weighted by Crippen LogP contribution is 2.36. The van der Waals surface area contributed by atoms with Crippen LogP contribution in [0.4, 0.5) is 13.2 Å². The zero-order chi connectivity index (χ0) is 48.7. The van der Waals surface area contributed by atoms with Crippen LogP contribution >= 0.6 is 0 Å². The minimum atomic E-state index is -5.57. The van der Waals surface area contributed by atoms with Gasteiger partial charge in [-0.25, -0.2) is 4.79 Å². The number of ketones is 2. The van der Waals surface area contributed by atoms with E-state index in [1.54, 1.807) is 35.6 Å². The number of ether oxygens (including phenoxy) is 11. The molecule has 2 aliphatic rings. The number of carbonyl (C=O) groups is 8. The van der Waals surface area contributed by atoms with Crippen molar-refractivity contribution in [3.63, 3.8) is 0 Å². The first-order valence-electron chi connectivity index (χ1n) is 20.3. The molecule has 362 valence electrons. The van der Waals surface area contributed by atoms with Gasteiger partial charge in [-0.05, 0) is 43.7 Å². The number of hydrogen-bond acceptors (Lipinski definition) is 19. The maximum atomic E-state index is 14.1. The van der Waals surface area contributed by atoms with Gasteiger partial charge in [0.05, 0.1) is 33.7 Å². The van der Waals surface area contributed by atoms with Gasteiger partial charge in [0.15, 0.2) is 30.7 Å². The smallest absolute Gasteiger partial charge is 0.471 e. The molecule has 1 amide bonds. The molecule has 0 unspecified atom stereocenters. The van der Waals surface area contributed by atoms with Crippen LogP contribution in [-0.2, 0) is 87.6 Å². The minimum absolute atomic E-state index is 0.0799. The van der Waals surface area contributed by atoms with E-state index >= 15 is 0 Å². The van der Waals surface area contributed by atoms with Crippen LogP contribution in [-0.4, -0.2) is 136 Å². The molecule has 0 aromatic heterocycles. The van der Waals surface area contributed by atoms with Gasteiger partial charge in [-0.2, -0.15) is 13.2 Å². The summed E-state index contributed by atoms with van der Waals surface area (Å²) in [6.45, 7) is 3.21. The quantitative estimate of drug-likeness (QED) is 0.140. The van der Waals surface area contributed by atoms with E-state index in [1.165, 1.54) is 45.2 Å². The number of carbonyl (C=O) groups excluding carboxylic acids is 8. The largest absolute Gasteiger partial charge is 0.497 e. The molecule has 0 bridgehead atoms. The molecule has 0 radical (unpaired) electrons. The summed E-state index contributed by atoms with van der Waals surface area (Å²) < 4.78 is 105. The fourth-order valence-electron chi connectivity index (χ4n) is 6.58. The van der Waals surface area contributed by atoms with E-state index in [1.807, 2.05) is 0 Å². The Morgan fingerprint density at radius 3 is 1.77 bits per heavy atom. The number of methoxy groups -OCH3 is 2. The van der Waals surface area contributed by atoms with Crippen molar-refractivity contribution in [2.45, 2.75) is 128 Å². The molecule has 2 aliphatic heterocycles. The minimum Gasteiger partial charge on any atom is -0.497 e. The summed E-state index contributed by atoms with van der Waals surface area (Å²) >= 11 is 0. The average molecular weight is 942 g/mol. The number of halogens is 3. The van der Waals surface area contributed by atoms with Crippen LogP contribution in [0.5, 0.6) is 11.5 Å². The van der Waals surface area contributed by atoms with Crippen LogP contribution in [0.2, 0.25) is 0 Å². The Labute approximate surface area is 375 Å². The van der Waals surface area contributed by atoms with Gasteiger partial charge in [0, 0.05) is 26.7 Å². The van der Waals surface area contributed by atoms with Gasteiger partial charge in [0.25, 0.3) is 0 Å².